The monoisotopic (exact) mass is 446 g/mol. The van der Waals surface area contributed by atoms with Crippen LogP contribution in [0.2, 0.25) is 0 Å². The summed E-state index contributed by atoms with van der Waals surface area (Å²) >= 11 is 0. The lowest BCUT2D eigenvalue weighted by Gasteiger charge is -2.19. The maximum absolute atomic E-state index is 12.9. The fourth-order valence-electron chi connectivity index (χ4n) is 1.43. The molecular weight excluding hydrogens is 438 g/mol. The Morgan fingerprint density at radius 2 is 1.14 bits per heavy atom. The first-order valence-corrected chi connectivity index (χ1v) is 7.02. The summed E-state index contributed by atoms with van der Waals surface area (Å²) in [6, 6.07) is 3.76. The van der Waals surface area contributed by atoms with Gasteiger partial charge in [-0.2, -0.15) is 43.9 Å². The van der Waals surface area contributed by atoms with Crippen molar-refractivity contribution in [2.24, 2.45) is 0 Å². The van der Waals surface area contributed by atoms with Gasteiger partial charge in [-0.25, -0.2) is 9.59 Å². The van der Waals surface area contributed by atoms with Crippen LogP contribution in [0.25, 0.3) is 0 Å². The standard InChI is InChI=1S/C14H8F10O5/c15-11(16,13(19,20)21)9(25)28-6-5-27-7-3-1-2-4-8(7)29-10(26)12(17,18)14(22,23)24/h1-4H,5-6H2. The van der Waals surface area contributed by atoms with Gasteiger partial charge in [0, 0.05) is 0 Å². The smallest absolute Gasteiger partial charge is 0.465 e. The van der Waals surface area contributed by atoms with Crippen molar-refractivity contribution in [3.8, 4) is 11.5 Å². The Hall–Kier alpha value is -2.74. The third kappa shape index (κ3) is 5.63. The second-order valence-corrected chi connectivity index (χ2v) is 4.96. The van der Waals surface area contributed by atoms with E-state index < -0.39 is 60.8 Å². The number of esters is 2. The van der Waals surface area contributed by atoms with Crippen molar-refractivity contribution in [2.75, 3.05) is 13.2 Å². The number of ether oxygens (including phenoxy) is 3. The lowest BCUT2D eigenvalue weighted by atomic mass is 10.3. The van der Waals surface area contributed by atoms with Crippen LogP contribution in [-0.4, -0.2) is 49.4 Å². The van der Waals surface area contributed by atoms with Gasteiger partial charge in [0.15, 0.2) is 11.5 Å². The molecule has 164 valence electrons. The summed E-state index contributed by atoms with van der Waals surface area (Å²) < 4.78 is 135. The molecule has 1 aromatic rings. The van der Waals surface area contributed by atoms with Gasteiger partial charge in [0.2, 0.25) is 0 Å². The van der Waals surface area contributed by atoms with Crippen LogP contribution < -0.4 is 9.47 Å². The maximum Gasteiger partial charge on any atom is 0.465 e. The van der Waals surface area contributed by atoms with Crippen LogP contribution in [0.5, 0.6) is 11.5 Å². The van der Waals surface area contributed by atoms with Gasteiger partial charge in [0.25, 0.3) is 0 Å². The summed E-state index contributed by atoms with van der Waals surface area (Å²) in [6.07, 6.45) is -12.5. The molecule has 0 saturated carbocycles. The van der Waals surface area contributed by atoms with E-state index in [0.717, 1.165) is 24.3 Å². The number of halogens is 10. The molecule has 15 heteroatoms. The molecule has 0 atom stereocenters. The van der Waals surface area contributed by atoms with Gasteiger partial charge < -0.3 is 14.2 Å². The molecule has 0 spiro atoms. The molecule has 0 amide bonds. The number of para-hydroxylation sites is 2. The highest BCUT2D eigenvalue weighted by Crippen LogP contribution is 2.38. The first-order valence-electron chi connectivity index (χ1n) is 7.02. The normalized spacial score (nSPS) is 13.0. The molecule has 0 saturated heterocycles. The Morgan fingerprint density at radius 1 is 0.690 bits per heavy atom. The van der Waals surface area contributed by atoms with E-state index in [2.05, 4.69) is 14.2 Å². The minimum Gasteiger partial charge on any atom is -0.486 e. The first-order chi connectivity index (χ1) is 13.0. The molecule has 0 N–H and O–H groups in total. The molecule has 5 nitrogen and oxygen atoms in total. The fraction of sp³-hybridized carbons (Fsp3) is 0.429. The molecule has 1 aromatic carbocycles. The van der Waals surface area contributed by atoms with Crippen LogP contribution in [0, 0.1) is 0 Å². The van der Waals surface area contributed by atoms with E-state index in [-0.39, 0.29) is 0 Å². The molecule has 0 aliphatic heterocycles. The Bertz CT molecular complexity index is 741. The molecule has 0 aliphatic carbocycles. The SMILES string of the molecule is O=C(OCCOc1ccccc1OC(=O)C(F)(F)C(F)(F)F)C(F)(F)C(F)(F)F. The summed E-state index contributed by atoms with van der Waals surface area (Å²) in [5.41, 5.74) is 0. The van der Waals surface area contributed by atoms with Crippen molar-refractivity contribution in [2.45, 2.75) is 24.2 Å². The molecule has 0 fully saturated rings. The minimum absolute atomic E-state index is 0.669. The Kier molecular flexibility index (Phi) is 6.97. The molecule has 0 radical (unpaired) electrons. The van der Waals surface area contributed by atoms with E-state index in [0.29, 0.717) is 0 Å². The van der Waals surface area contributed by atoms with Gasteiger partial charge in [-0.3, -0.25) is 0 Å². The predicted molar refractivity (Wildman–Crippen MR) is 70.5 cm³/mol. The summed E-state index contributed by atoms with van der Waals surface area (Å²) in [6.45, 7) is -2.13. The van der Waals surface area contributed by atoms with Crippen LogP contribution in [0.1, 0.15) is 0 Å². The van der Waals surface area contributed by atoms with E-state index in [1.165, 1.54) is 0 Å². The van der Waals surface area contributed by atoms with Gasteiger partial charge in [-0.15, -0.1) is 0 Å². The van der Waals surface area contributed by atoms with E-state index in [1.807, 2.05) is 0 Å². The fourth-order valence-corrected chi connectivity index (χ4v) is 1.43. The average molecular weight is 446 g/mol. The number of carbonyl (C=O) groups is 2. The van der Waals surface area contributed by atoms with Crippen molar-refractivity contribution >= 4 is 11.9 Å². The van der Waals surface area contributed by atoms with Crippen molar-refractivity contribution in [3.05, 3.63) is 24.3 Å². The molecule has 0 aromatic heterocycles. The number of alkyl halides is 10. The molecule has 29 heavy (non-hydrogen) atoms. The van der Waals surface area contributed by atoms with E-state index in [1.54, 1.807) is 0 Å². The van der Waals surface area contributed by atoms with Crippen LogP contribution >= 0.6 is 0 Å². The van der Waals surface area contributed by atoms with Gasteiger partial charge in [-0.1, -0.05) is 12.1 Å². The maximum atomic E-state index is 12.9. The van der Waals surface area contributed by atoms with Crippen LogP contribution in [0.15, 0.2) is 24.3 Å². The van der Waals surface area contributed by atoms with Gasteiger partial charge in [0.1, 0.15) is 13.2 Å². The number of rotatable bonds is 7. The second kappa shape index (κ2) is 8.32. The van der Waals surface area contributed by atoms with E-state index in [4.69, 9.17) is 0 Å². The zero-order valence-electron chi connectivity index (χ0n) is 13.5. The molecular formula is C14H8F10O5. The first kappa shape index (κ1) is 24.3. The van der Waals surface area contributed by atoms with Crippen molar-refractivity contribution in [3.63, 3.8) is 0 Å². The lowest BCUT2D eigenvalue weighted by molar-refractivity contribution is -0.280. The Balaban J connectivity index is 2.73. The molecule has 1 rings (SSSR count). The van der Waals surface area contributed by atoms with Crippen molar-refractivity contribution < 1.29 is 67.7 Å². The second-order valence-electron chi connectivity index (χ2n) is 4.96. The highest BCUT2D eigenvalue weighted by molar-refractivity contribution is 5.81. The topological polar surface area (TPSA) is 61.8 Å². The molecule has 0 heterocycles. The Morgan fingerprint density at radius 3 is 1.62 bits per heavy atom. The predicted octanol–water partition coefficient (Wildman–Crippen LogP) is 3.91. The van der Waals surface area contributed by atoms with Crippen molar-refractivity contribution in [1.82, 2.24) is 0 Å². The molecule has 0 aliphatic rings. The average Bonchev–Trinajstić information content (AvgIpc) is 2.57. The summed E-state index contributed by atoms with van der Waals surface area (Å²) in [7, 11) is 0. The molecule has 0 unspecified atom stereocenters. The number of benzene rings is 1. The lowest BCUT2D eigenvalue weighted by Crippen LogP contribution is -2.46. The Labute approximate surface area is 154 Å². The van der Waals surface area contributed by atoms with Gasteiger partial charge in [-0.05, 0) is 12.1 Å². The quantitative estimate of drug-likeness (QED) is 0.275. The highest BCUT2D eigenvalue weighted by Gasteiger charge is 2.65. The third-order valence-electron chi connectivity index (χ3n) is 2.85. The van der Waals surface area contributed by atoms with E-state index in [9.17, 15) is 53.5 Å². The molecule has 0 bridgehead atoms. The summed E-state index contributed by atoms with van der Waals surface area (Å²) in [5.74, 6) is -19.2. The summed E-state index contributed by atoms with van der Waals surface area (Å²) in [4.78, 5) is 21.8. The number of hydrogen-bond donors (Lipinski definition) is 0. The van der Waals surface area contributed by atoms with Gasteiger partial charge in [0.05, 0.1) is 0 Å². The zero-order valence-corrected chi connectivity index (χ0v) is 13.5. The third-order valence-corrected chi connectivity index (χ3v) is 2.85. The van der Waals surface area contributed by atoms with Crippen LogP contribution in [0.4, 0.5) is 43.9 Å². The highest BCUT2D eigenvalue weighted by atomic mass is 19.4. The van der Waals surface area contributed by atoms with Crippen LogP contribution in [-0.2, 0) is 14.3 Å². The number of hydrogen-bond acceptors (Lipinski definition) is 5. The largest absolute Gasteiger partial charge is 0.486 e. The van der Waals surface area contributed by atoms with Crippen LogP contribution in [0.3, 0.4) is 0 Å². The zero-order chi connectivity index (χ0) is 22.7. The summed E-state index contributed by atoms with van der Waals surface area (Å²) in [5, 5.41) is 0. The van der Waals surface area contributed by atoms with E-state index >= 15 is 0 Å². The van der Waals surface area contributed by atoms with Gasteiger partial charge >= 0.3 is 36.1 Å². The minimum atomic E-state index is -6.25. The number of carbonyl (C=O) groups excluding carboxylic acids is 2. The van der Waals surface area contributed by atoms with Crippen molar-refractivity contribution in [1.29, 1.82) is 0 Å².